The molecule has 0 bridgehead atoms. The van der Waals surface area contributed by atoms with Gasteiger partial charge in [-0.1, -0.05) is 13.8 Å². The van der Waals surface area contributed by atoms with Crippen molar-refractivity contribution in [2.24, 2.45) is 0 Å². The maximum Gasteiger partial charge on any atom is 0.312 e. The molecule has 29 heavy (non-hydrogen) atoms. The zero-order valence-electron chi connectivity index (χ0n) is 15.4. The number of rotatable bonds is 9. The second kappa shape index (κ2) is 8.69. The zero-order chi connectivity index (χ0) is 21.8. The fourth-order valence-electron chi connectivity index (χ4n) is 2.31. The number of phenols is 1. The highest BCUT2D eigenvalue weighted by Crippen LogP contribution is 2.28. The molecule has 0 aliphatic rings. The van der Waals surface area contributed by atoms with Gasteiger partial charge in [-0.3, -0.25) is 15.5 Å². The number of phenolic OH excluding ortho intramolecular Hbond substituents is 1. The Kier molecular flexibility index (Phi) is 6.73. The summed E-state index contributed by atoms with van der Waals surface area (Å²) in [5, 5.41) is 20.2. The molecule has 0 unspecified atom stereocenters. The first-order valence-corrected chi connectivity index (χ1v) is 11.2. The predicted molar refractivity (Wildman–Crippen MR) is 103 cm³/mol. The molecule has 2 aromatic rings. The number of aromatic nitrogens is 1. The van der Waals surface area contributed by atoms with Gasteiger partial charge in [0.2, 0.25) is 10.0 Å². The van der Waals surface area contributed by atoms with Crippen molar-refractivity contribution in [1.29, 1.82) is 0 Å². The third-order valence-electron chi connectivity index (χ3n) is 3.85. The molecule has 0 fully saturated rings. The Hall–Kier alpha value is -2.81. The number of nitro benzene ring substituents is 1. The number of hydrogen-bond donors (Lipinski definition) is 3. The third-order valence-corrected chi connectivity index (χ3v) is 7.13. The number of benzene rings is 1. The molecule has 0 radical (unpaired) electrons. The van der Waals surface area contributed by atoms with E-state index in [1.807, 2.05) is 4.83 Å². The van der Waals surface area contributed by atoms with E-state index >= 15 is 0 Å². The van der Waals surface area contributed by atoms with Crippen LogP contribution in [0, 0.1) is 10.1 Å². The van der Waals surface area contributed by atoms with Crippen molar-refractivity contribution in [3.05, 3.63) is 46.6 Å². The third kappa shape index (κ3) is 4.97. The van der Waals surface area contributed by atoms with Crippen LogP contribution in [0.15, 0.2) is 46.3 Å². The molecule has 0 atom stereocenters. The molecule has 3 N–H and O–H groups in total. The minimum atomic E-state index is -4.23. The van der Waals surface area contributed by atoms with Gasteiger partial charge in [0, 0.05) is 25.4 Å². The highest BCUT2D eigenvalue weighted by atomic mass is 32.2. The zero-order valence-corrected chi connectivity index (χ0v) is 17.1. The summed E-state index contributed by atoms with van der Waals surface area (Å²) < 4.78 is 50.6. The lowest BCUT2D eigenvalue weighted by Gasteiger charge is -2.18. The first-order chi connectivity index (χ1) is 13.5. The SMILES string of the molecule is CCN(CC)S(=O)(=O)c1ccc(NNS(=O)(=O)c2ccc(O)c([N+](=O)[O-])c2)nc1. The number of pyridine rings is 1. The molecule has 0 amide bonds. The van der Waals surface area contributed by atoms with Gasteiger partial charge in [-0.15, -0.1) is 4.83 Å². The summed E-state index contributed by atoms with van der Waals surface area (Å²) in [7, 11) is -7.94. The molecule has 14 heteroatoms. The van der Waals surface area contributed by atoms with E-state index in [0.717, 1.165) is 18.3 Å². The van der Waals surface area contributed by atoms with Crippen LogP contribution in [0.3, 0.4) is 0 Å². The number of sulfonamides is 2. The standard InChI is InChI=1S/C15H19N5O7S2/c1-3-19(4-2)29(26,27)12-6-8-15(16-10-12)17-18-28(24,25)11-5-7-14(21)13(9-11)20(22)23/h5-10,18,21H,3-4H2,1-2H3,(H,16,17). The normalized spacial score (nSPS) is 12.1. The van der Waals surface area contributed by atoms with Crippen molar-refractivity contribution in [1.82, 2.24) is 14.1 Å². The lowest BCUT2D eigenvalue weighted by atomic mass is 10.3. The van der Waals surface area contributed by atoms with Gasteiger partial charge in [-0.2, -0.15) is 4.31 Å². The average molecular weight is 445 g/mol. The van der Waals surface area contributed by atoms with E-state index in [1.54, 1.807) is 13.8 Å². The van der Waals surface area contributed by atoms with Crippen LogP contribution in [-0.2, 0) is 20.0 Å². The number of nitrogens with one attached hydrogen (secondary N) is 2. The van der Waals surface area contributed by atoms with Crippen molar-refractivity contribution < 1.29 is 26.9 Å². The van der Waals surface area contributed by atoms with Crippen LogP contribution in [0.25, 0.3) is 0 Å². The molecule has 0 saturated heterocycles. The van der Waals surface area contributed by atoms with Crippen molar-refractivity contribution in [2.75, 3.05) is 18.5 Å². The monoisotopic (exact) mass is 445 g/mol. The maximum absolute atomic E-state index is 12.4. The highest BCUT2D eigenvalue weighted by Gasteiger charge is 2.23. The van der Waals surface area contributed by atoms with E-state index in [4.69, 9.17) is 0 Å². The molecule has 12 nitrogen and oxygen atoms in total. The fraction of sp³-hybridized carbons (Fsp3) is 0.267. The van der Waals surface area contributed by atoms with E-state index in [9.17, 15) is 32.1 Å². The minimum absolute atomic E-state index is 0.000324. The highest BCUT2D eigenvalue weighted by molar-refractivity contribution is 7.89. The lowest BCUT2D eigenvalue weighted by Crippen LogP contribution is -2.31. The molecular weight excluding hydrogens is 426 g/mol. The number of hydrazine groups is 1. The van der Waals surface area contributed by atoms with Crippen molar-refractivity contribution in [3.63, 3.8) is 0 Å². The van der Waals surface area contributed by atoms with Gasteiger partial charge in [-0.05, 0) is 24.3 Å². The van der Waals surface area contributed by atoms with E-state index in [1.165, 1.54) is 16.4 Å². The summed E-state index contributed by atoms with van der Waals surface area (Å²) in [4.78, 5) is 15.2. The topological polar surface area (TPSA) is 172 Å². The Labute approximate surface area is 167 Å². The Bertz CT molecular complexity index is 1100. The summed E-state index contributed by atoms with van der Waals surface area (Å²) in [6.45, 7) is 3.98. The van der Waals surface area contributed by atoms with Crippen molar-refractivity contribution >= 4 is 31.6 Å². The van der Waals surface area contributed by atoms with Gasteiger partial charge in [0.15, 0.2) is 5.75 Å². The molecule has 0 spiro atoms. The molecule has 0 aliphatic heterocycles. The molecule has 0 saturated carbocycles. The molecule has 0 aliphatic carbocycles. The first-order valence-electron chi connectivity index (χ1n) is 8.24. The average Bonchev–Trinajstić information content (AvgIpc) is 2.67. The van der Waals surface area contributed by atoms with Gasteiger partial charge < -0.3 is 5.11 Å². The van der Waals surface area contributed by atoms with Crippen LogP contribution in [0.1, 0.15) is 13.8 Å². The number of anilines is 1. The summed E-state index contributed by atoms with van der Waals surface area (Å²) >= 11 is 0. The molecule has 1 aromatic carbocycles. The van der Waals surface area contributed by atoms with Gasteiger partial charge in [0.25, 0.3) is 10.0 Å². The first kappa shape index (κ1) is 22.5. The van der Waals surface area contributed by atoms with Gasteiger partial charge in [0.05, 0.1) is 9.82 Å². The molecule has 2 rings (SSSR count). The van der Waals surface area contributed by atoms with Crippen LogP contribution >= 0.6 is 0 Å². The molecular formula is C15H19N5O7S2. The van der Waals surface area contributed by atoms with Crippen LogP contribution in [-0.4, -0.2) is 49.2 Å². The molecule has 1 aromatic heterocycles. The summed E-state index contributed by atoms with van der Waals surface area (Å²) in [5.41, 5.74) is 1.53. The van der Waals surface area contributed by atoms with Crippen molar-refractivity contribution in [3.8, 4) is 5.75 Å². The smallest absolute Gasteiger partial charge is 0.312 e. The molecule has 1 heterocycles. The Balaban J connectivity index is 2.18. The van der Waals surface area contributed by atoms with E-state index in [-0.39, 0.29) is 23.8 Å². The number of nitrogens with zero attached hydrogens (tertiary/aromatic N) is 3. The number of nitro groups is 1. The largest absolute Gasteiger partial charge is 0.502 e. The van der Waals surface area contributed by atoms with Gasteiger partial charge in [-0.25, -0.2) is 21.8 Å². The summed E-state index contributed by atoms with van der Waals surface area (Å²) in [6, 6.07) is 5.10. The second-order valence-electron chi connectivity index (χ2n) is 5.61. The maximum atomic E-state index is 12.4. The van der Waals surface area contributed by atoms with Gasteiger partial charge >= 0.3 is 5.69 Å². The van der Waals surface area contributed by atoms with Crippen LogP contribution < -0.4 is 10.3 Å². The predicted octanol–water partition coefficient (Wildman–Crippen LogP) is 1.03. The quantitative estimate of drug-likeness (QED) is 0.376. The van der Waals surface area contributed by atoms with E-state index in [0.29, 0.717) is 6.07 Å². The Morgan fingerprint density at radius 1 is 1.10 bits per heavy atom. The second-order valence-corrected chi connectivity index (χ2v) is 9.23. The summed E-state index contributed by atoms with van der Waals surface area (Å²) in [6.07, 6.45) is 1.08. The lowest BCUT2D eigenvalue weighted by molar-refractivity contribution is -0.386. The minimum Gasteiger partial charge on any atom is -0.502 e. The van der Waals surface area contributed by atoms with Crippen molar-refractivity contribution in [2.45, 2.75) is 23.6 Å². The van der Waals surface area contributed by atoms with Gasteiger partial charge in [0.1, 0.15) is 10.7 Å². The van der Waals surface area contributed by atoms with E-state index < -0.39 is 41.3 Å². The Morgan fingerprint density at radius 3 is 2.24 bits per heavy atom. The van der Waals surface area contributed by atoms with E-state index in [2.05, 4.69) is 10.4 Å². The number of aromatic hydroxyl groups is 1. The molecule has 158 valence electrons. The van der Waals surface area contributed by atoms with Crippen LogP contribution in [0.4, 0.5) is 11.5 Å². The Morgan fingerprint density at radius 2 is 1.72 bits per heavy atom. The van der Waals surface area contributed by atoms with Crippen LogP contribution in [0.5, 0.6) is 5.75 Å². The van der Waals surface area contributed by atoms with Crippen LogP contribution in [0.2, 0.25) is 0 Å². The fourth-order valence-corrected chi connectivity index (χ4v) is 4.59. The summed E-state index contributed by atoms with van der Waals surface area (Å²) in [5.74, 6) is -0.672. The number of hydrogen-bond acceptors (Lipinski definition) is 9.